The van der Waals surface area contributed by atoms with E-state index in [-0.39, 0.29) is 11.4 Å². The van der Waals surface area contributed by atoms with E-state index in [0.29, 0.717) is 24.5 Å². The van der Waals surface area contributed by atoms with Crippen LogP contribution in [0.25, 0.3) is 0 Å². The van der Waals surface area contributed by atoms with Gasteiger partial charge in [0, 0.05) is 24.2 Å². The molecule has 1 amide bonds. The number of methoxy groups -OCH3 is 1. The molecule has 1 aliphatic carbocycles. The number of ether oxygens (including phenoxy) is 1. The number of nitrogens with zero attached hydrogens (tertiary/aromatic N) is 1. The Morgan fingerprint density at radius 3 is 2.89 bits per heavy atom. The van der Waals surface area contributed by atoms with Crippen molar-refractivity contribution in [2.75, 3.05) is 24.4 Å². The summed E-state index contributed by atoms with van der Waals surface area (Å²) in [6.07, 6.45) is 4.27. The number of carbonyl (C=O) groups is 1. The molecule has 0 saturated heterocycles. The molecule has 1 heterocycles. The van der Waals surface area contributed by atoms with Crippen LogP contribution in [0.15, 0.2) is 16.7 Å². The van der Waals surface area contributed by atoms with E-state index >= 15 is 0 Å². The van der Waals surface area contributed by atoms with E-state index in [2.05, 4.69) is 31.5 Å². The Morgan fingerprint density at radius 1 is 1.58 bits per heavy atom. The maximum Gasteiger partial charge on any atom is 0.224 e. The molecule has 0 aliphatic heterocycles. The number of halogens is 1. The van der Waals surface area contributed by atoms with Gasteiger partial charge in [-0.15, -0.1) is 0 Å². The summed E-state index contributed by atoms with van der Waals surface area (Å²) in [6, 6.07) is 1.85. The van der Waals surface area contributed by atoms with Crippen molar-refractivity contribution in [1.82, 2.24) is 4.98 Å². The van der Waals surface area contributed by atoms with E-state index in [1.807, 2.05) is 13.0 Å². The van der Waals surface area contributed by atoms with Crippen molar-refractivity contribution in [3.63, 3.8) is 0 Å². The van der Waals surface area contributed by atoms with Crippen molar-refractivity contribution >= 4 is 33.3 Å². The van der Waals surface area contributed by atoms with Crippen LogP contribution in [0.4, 0.5) is 11.5 Å². The molecule has 0 aromatic carbocycles. The highest BCUT2D eigenvalue weighted by Gasteiger charge is 2.43. The largest absolute Gasteiger partial charge is 0.382 e. The molecule has 6 heteroatoms. The molecule has 104 valence electrons. The van der Waals surface area contributed by atoms with Crippen molar-refractivity contribution < 1.29 is 9.53 Å². The van der Waals surface area contributed by atoms with Crippen molar-refractivity contribution in [2.45, 2.75) is 31.7 Å². The lowest BCUT2D eigenvalue weighted by atomic mass is 10.2. The summed E-state index contributed by atoms with van der Waals surface area (Å²) in [6.45, 7) is 2.47. The quantitative estimate of drug-likeness (QED) is 0.843. The molecule has 1 fully saturated rings. The second-order valence-corrected chi connectivity index (χ2v) is 5.71. The van der Waals surface area contributed by atoms with Gasteiger partial charge in [-0.2, -0.15) is 0 Å². The fourth-order valence-electron chi connectivity index (χ4n) is 1.86. The average molecular weight is 328 g/mol. The van der Waals surface area contributed by atoms with Crippen LogP contribution >= 0.6 is 15.9 Å². The normalized spacial score (nSPS) is 15.9. The highest BCUT2D eigenvalue weighted by Crippen LogP contribution is 2.40. The highest BCUT2D eigenvalue weighted by molar-refractivity contribution is 9.10. The Kier molecular flexibility index (Phi) is 4.42. The van der Waals surface area contributed by atoms with Crippen LogP contribution in [-0.4, -0.2) is 30.1 Å². The van der Waals surface area contributed by atoms with Crippen molar-refractivity contribution in [3.8, 4) is 0 Å². The minimum absolute atomic E-state index is 0.0265. The molecule has 5 nitrogen and oxygen atoms in total. The third kappa shape index (κ3) is 3.67. The average Bonchev–Trinajstić information content (AvgIpc) is 3.13. The number of anilines is 2. The number of amides is 1. The van der Waals surface area contributed by atoms with E-state index in [1.54, 1.807) is 13.3 Å². The van der Waals surface area contributed by atoms with Crippen LogP contribution in [0, 0.1) is 0 Å². The Hall–Kier alpha value is -1.14. The maximum atomic E-state index is 11.5. The molecule has 0 atom stereocenters. The first kappa shape index (κ1) is 14.3. The fourth-order valence-corrected chi connectivity index (χ4v) is 2.19. The van der Waals surface area contributed by atoms with Crippen molar-refractivity contribution in [1.29, 1.82) is 0 Å². The Balaban J connectivity index is 2.17. The number of hydrogen-bond donors (Lipinski definition) is 2. The topological polar surface area (TPSA) is 63.2 Å². The zero-order valence-corrected chi connectivity index (χ0v) is 12.7. The van der Waals surface area contributed by atoms with Gasteiger partial charge in [0.2, 0.25) is 5.91 Å². The van der Waals surface area contributed by atoms with Gasteiger partial charge < -0.3 is 15.4 Å². The number of hydrogen-bond acceptors (Lipinski definition) is 4. The van der Waals surface area contributed by atoms with Gasteiger partial charge in [-0.25, -0.2) is 4.98 Å². The molecule has 0 radical (unpaired) electrons. The van der Waals surface area contributed by atoms with Crippen LogP contribution in [0.5, 0.6) is 0 Å². The number of aromatic nitrogens is 1. The minimum Gasteiger partial charge on any atom is -0.382 e. The zero-order chi connectivity index (χ0) is 13.9. The van der Waals surface area contributed by atoms with E-state index in [1.165, 1.54) is 0 Å². The first-order valence-corrected chi connectivity index (χ1v) is 7.10. The van der Waals surface area contributed by atoms with Gasteiger partial charge in [0.05, 0.1) is 17.8 Å². The lowest BCUT2D eigenvalue weighted by molar-refractivity contribution is -0.115. The number of pyridine rings is 1. The molecule has 2 N–H and O–H groups in total. The molecule has 1 aromatic rings. The minimum atomic E-state index is -0.0282. The van der Waals surface area contributed by atoms with E-state index < -0.39 is 0 Å². The van der Waals surface area contributed by atoms with Gasteiger partial charge in [0.25, 0.3) is 0 Å². The van der Waals surface area contributed by atoms with Crippen molar-refractivity contribution in [2.24, 2.45) is 0 Å². The highest BCUT2D eigenvalue weighted by atomic mass is 79.9. The standard InChI is InChI=1S/C13H18BrN3O2/c1-3-11(18)16-10-6-9(14)7-15-12(10)17-13(4-5-13)8-19-2/h6-7H,3-5,8H2,1-2H3,(H,15,17)(H,16,18). The molecule has 0 unspecified atom stereocenters. The Labute approximate surface area is 121 Å². The molecular formula is C13H18BrN3O2. The van der Waals surface area contributed by atoms with Crippen molar-refractivity contribution in [3.05, 3.63) is 16.7 Å². The van der Waals surface area contributed by atoms with Gasteiger partial charge >= 0.3 is 0 Å². The van der Waals surface area contributed by atoms with Gasteiger partial charge in [-0.05, 0) is 34.8 Å². The monoisotopic (exact) mass is 327 g/mol. The third-order valence-corrected chi connectivity index (χ3v) is 3.54. The lowest BCUT2D eigenvalue weighted by Gasteiger charge is -2.19. The number of carbonyl (C=O) groups excluding carboxylic acids is 1. The summed E-state index contributed by atoms with van der Waals surface area (Å²) in [5, 5.41) is 6.24. The Bertz CT molecular complexity index is 475. The van der Waals surface area contributed by atoms with E-state index in [4.69, 9.17) is 4.74 Å². The summed E-state index contributed by atoms with van der Waals surface area (Å²) in [5.74, 6) is 0.666. The first-order valence-electron chi connectivity index (χ1n) is 6.31. The predicted octanol–water partition coefficient (Wildman–Crippen LogP) is 2.78. The molecule has 0 bridgehead atoms. The van der Waals surface area contributed by atoms with Crippen LogP contribution in [0.1, 0.15) is 26.2 Å². The number of rotatable bonds is 6. The molecular weight excluding hydrogens is 310 g/mol. The summed E-state index contributed by atoms with van der Waals surface area (Å²) >= 11 is 3.37. The second-order valence-electron chi connectivity index (χ2n) is 4.79. The summed E-state index contributed by atoms with van der Waals surface area (Å²) in [4.78, 5) is 15.9. The van der Waals surface area contributed by atoms with Crippen LogP contribution in [0.3, 0.4) is 0 Å². The fraction of sp³-hybridized carbons (Fsp3) is 0.538. The van der Waals surface area contributed by atoms with Gasteiger partial charge in [0.15, 0.2) is 0 Å². The molecule has 1 aliphatic rings. The summed E-state index contributed by atoms with van der Waals surface area (Å²) < 4.78 is 6.05. The molecule has 2 rings (SSSR count). The SMILES string of the molecule is CCC(=O)Nc1cc(Br)cnc1NC1(COC)CC1. The van der Waals surface area contributed by atoms with Crippen LogP contribution < -0.4 is 10.6 Å². The molecule has 0 spiro atoms. The number of nitrogens with one attached hydrogen (secondary N) is 2. The van der Waals surface area contributed by atoms with Gasteiger partial charge in [-0.3, -0.25) is 4.79 Å². The van der Waals surface area contributed by atoms with E-state index in [9.17, 15) is 4.79 Å². The second kappa shape index (κ2) is 5.88. The molecule has 1 saturated carbocycles. The third-order valence-electron chi connectivity index (χ3n) is 3.11. The zero-order valence-electron chi connectivity index (χ0n) is 11.1. The molecule has 19 heavy (non-hydrogen) atoms. The molecule has 1 aromatic heterocycles. The smallest absolute Gasteiger partial charge is 0.224 e. The van der Waals surface area contributed by atoms with Crippen LogP contribution in [-0.2, 0) is 9.53 Å². The summed E-state index contributed by atoms with van der Waals surface area (Å²) in [5.41, 5.74) is 0.671. The van der Waals surface area contributed by atoms with Crippen LogP contribution in [0.2, 0.25) is 0 Å². The van der Waals surface area contributed by atoms with Gasteiger partial charge in [-0.1, -0.05) is 6.92 Å². The predicted molar refractivity (Wildman–Crippen MR) is 78.3 cm³/mol. The lowest BCUT2D eigenvalue weighted by Crippen LogP contribution is -2.28. The maximum absolute atomic E-state index is 11.5. The Morgan fingerprint density at radius 2 is 2.32 bits per heavy atom. The van der Waals surface area contributed by atoms with Gasteiger partial charge in [0.1, 0.15) is 5.82 Å². The van der Waals surface area contributed by atoms with E-state index in [0.717, 1.165) is 17.3 Å². The summed E-state index contributed by atoms with van der Waals surface area (Å²) in [7, 11) is 1.69. The first-order chi connectivity index (χ1) is 9.08.